The van der Waals surface area contributed by atoms with Gasteiger partial charge in [-0.3, -0.25) is 9.79 Å². The van der Waals surface area contributed by atoms with Crippen molar-refractivity contribution in [3.63, 3.8) is 0 Å². The Hall–Kier alpha value is -2.31. The number of anilines is 1. The molecule has 0 aliphatic carbocycles. The number of ether oxygens (including phenoxy) is 1. The summed E-state index contributed by atoms with van der Waals surface area (Å²) in [6.45, 7) is 6.84. The standard InChI is InChI=1S/C16H25N5O2/c1-3-17-16(19-9-7-15(22)23-2)21-12-10-20(11-13-21)14-6-4-5-8-18-14/h4-6,8H,3,7,9-13H2,1-2H3,(H,17,19). The molecule has 1 aliphatic heterocycles. The van der Waals surface area contributed by atoms with Crippen LogP contribution in [-0.2, 0) is 9.53 Å². The molecular formula is C16H25N5O2. The molecule has 0 spiro atoms. The van der Waals surface area contributed by atoms with Crippen LogP contribution >= 0.6 is 0 Å². The highest BCUT2D eigenvalue weighted by molar-refractivity contribution is 5.80. The van der Waals surface area contributed by atoms with E-state index >= 15 is 0 Å². The first-order chi connectivity index (χ1) is 11.2. The summed E-state index contributed by atoms with van der Waals surface area (Å²) in [5.74, 6) is 1.64. The molecule has 0 radical (unpaired) electrons. The van der Waals surface area contributed by atoms with E-state index in [1.54, 1.807) is 0 Å². The Morgan fingerprint density at radius 3 is 2.74 bits per heavy atom. The summed E-state index contributed by atoms with van der Waals surface area (Å²) in [7, 11) is 1.40. The van der Waals surface area contributed by atoms with Gasteiger partial charge in [-0.05, 0) is 19.1 Å². The molecule has 0 aromatic carbocycles. The molecule has 0 saturated carbocycles. The Morgan fingerprint density at radius 2 is 2.13 bits per heavy atom. The minimum absolute atomic E-state index is 0.232. The van der Waals surface area contributed by atoms with Crippen LogP contribution in [0.5, 0.6) is 0 Å². The van der Waals surface area contributed by atoms with Crippen molar-refractivity contribution in [3.8, 4) is 0 Å². The van der Waals surface area contributed by atoms with Crippen molar-refractivity contribution < 1.29 is 9.53 Å². The zero-order valence-corrected chi connectivity index (χ0v) is 13.9. The molecule has 0 unspecified atom stereocenters. The number of aromatic nitrogens is 1. The monoisotopic (exact) mass is 319 g/mol. The van der Waals surface area contributed by atoms with Crippen LogP contribution in [0.25, 0.3) is 0 Å². The van der Waals surface area contributed by atoms with E-state index in [-0.39, 0.29) is 5.97 Å². The highest BCUT2D eigenvalue weighted by atomic mass is 16.5. The van der Waals surface area contributed by atoms with E-state index in [1.165, 1.54) is 7.11 Å². The van der Waals surface area contributed by atoms with Crippen molar-refractivity contribution >= 4 is 17.7 Å². The minimum atomic E-state index is -0.232. The number of rotatable bonds is 5. The van der Waals surface area contributed by atoms with Gasteiger partial charge in [0.1, 0.15) is 5.82 Å². The summed E-state index contributed by atoms with van der Waals surface area (Å²) < 4.78 is 4.64. The molecule has 7 heteroatoms. The van der Waals surface area contributed by atoms with Crippen LogP contribution in [0.1, 0.15) is 13.3 Å². The van der Waals surface area contributed by atoms with E-state index in [4.69, 9.17) is 0 Å². The lowest BCUT2D eigenvalue weighted by Gasteiger charge is -2.37. The lowest BCUT2D eigenvalue weighted by molar-refractivity contribution is -0.140. The molecular weight excluding hydrogens is 294 g/mol. The van der Waals surface area contributed by atoms with Gasteiger partial charge < -0.3 is 19.9 Å². The predicted octanol–water partition coefficient (Wildman–Crippen LogP) is 0.732. The first kappa shape index (κ1) is 17.1. The quantitative estimate of drug-likeness (QED) is 0.490. The van der Waals surface area contributed by atoms with Crippen molar-refractivity contribution in [2.24, 2.45) is 4.99 Å². The molecule has 0 bridgehead atoms. The van der Waals surface area contributed by atoms with Crippen LogP contribution in [0.4, 0.5) is 5.82 Å². The van der Waals surface area contributed by atoms with Crippen LogP contribution < -0.4 is 10.2 Å². The highest BCUT2D eigenvalue weighted by Crippen LogP contribution is 2.12. The second-order valence-corrected chi connectivity index (χ2v) is 5.22. The van der Waals surface area contributed by atoms with Crippen LogP contribution in [0.15, 0.2) is 29.4 Å². The smallest absolute Gasteiger partial charge is 0.307 e. The largest absolute Gasteiger partial charge is 0.469 e. The summed E-state index contributed by atoms with van der Waals surface area (Å²) in [5.41, 5.74) is 0. The Labute approximate surface area is 137 Å². The number of nitrogens with one attached hydrogen (secondary N) is 1. The van der Waals surface area contributed by atoms with Gasteiger partial charge in [-0.15, -0.1) is 0 Å². The maximum absolute atomic E-state index is 11.2. The van der Waals surface area contributed by atoms with Gasteiger partial charge in [0, 0.05) is 38.9 Å². The number of pyridine rings is 1. The van der Waals surface area contributed by atoms with Crippen LogP contribution in [0, 0.1) is 0 Å². The zero-order valence-electron chi connectivity index (χ0n) is 13.9. The lowest BCUT2D eigenvalue weighted by atomic mass is 10.3. The summed E-state index contributed by atoms with van der Waals surface area (Å²) >= 11 is 0. The van der Waals surface area contributed by atoms with Crippen LogP contribution in [0.2, 0.25) is 0 Å². The number of methoxy groups -OCH3 is 1. The second-order valence-electron chi connectivity index (χ2n) is 5.22. The molecule has 7 nitrogen and oxygen atoms in total. The molecule has 2 heterocycles. The number of carbonyl (C=O) groups is 1. The zero-order chi connectivity index (χ0) is 16.5. The number of aliphatic imine (C=N–C) groups is 1. The molecule has 23 heavy (non-hydrogen) atoms. The van der Waals surface area contributed by atoms with Crippen LogP contribution in [-0.4, -0.2) is 68.2 Å². The van der Waals surface area contributed by atoms with E-state index in [0.717, 1.165) is 44.5 Å². The molecule has 2 rings (SSSR count). The van der Waals surface area contributed by atoms with E-state index in [1.807, 2.05) is 31.3 Å². The topological polar surface area (TPSA) is 70.1 Å². The van der Waals surface area contributed by atoms with Gasteiger partial charge >= 0.3 is 5.97 Å². The highest BCUT2D eigenvalue weighted by Gasteiger charge is 2.20. The minimum Gasteiger partial charge on any atom is -0.469 e. The Balaban J connectivity index is 1.89. The Bertz CT molecular complexity index is 512. The van der Waals surface area contributed by atoms with Crippen molar-refractivity contribution in [1.29, 1.82) is 0 Å². The Morgan fingerprint density at radius 1 is 1.35 bits per heavy atom. The number of carbonyl (C=O) groups excluding carboxylic acids is 1. The third kappa shape index (κ3) is 5.12. The number of esters is 1. The maximum Gasteiger partial charge on any atom is 0.307 e. The number of hydrogen-bond acceptors (Lipinski definition) is 5. The Kier molecular flexibility index (Phi) is 6.65. The fourth-order valence-electron chi connectivity index (χ4n) is 2.47. The third-order valence-electron chi connectivity index (χ3n) is 3.69. The number of piperazine rings is 1. The van der Waals surface area contributed by atoms with E-state index in [0.29, 0.717) is 13.0 Å². The van der Waals surface area contributed by atoms with Gasteiger partial charge in [0.15, 0.2) is 5.96 Å². The SMILES string of the molecule is CCNC(=NCCC(=O)OC)N1CCN(c2ccccn2)CC1. The maximum atomic E-state index is 11.2. The molecule has 1 saturated heterocycles. The van der Waals surface area contributed by atoms with Crippen molar-refractivity contribution in [2.75, 3.05) is 51.3 Å². The summed E-state index contributed by atoms with van der Waals surface area (Å²) in [6, 6.07) is 5.97. The first-order valence-electron chi connectivity index (χ1n) is 8.00. The van der Waals surface area contributed by atoms with Crippen molar-refractivity contribution in [1.82, 2.24) is 15.2 Å². The van der Waals surface area contributed by atoms with Gasteiger partial charge in [0.25, 0.3) is 0 Å². The molecule has 0 atom stereocenters. The molecule has 1 fully saturated rings. The molecule has 1 aromatic rings. The molecule has 0 amide bonds. The number of hydrogen-bond donors (Lipinski definition) is 1. The van der Waals surface area contributed by atoms with Gasteiger partial charge in [-0.25, -0.2) is 4.98 Å². The van der Waals surface area contributed by atoms with Gasteiger partial charge in [-0.1, -0.05) is 6.07 Å². The number of guanidine groups is 1. The fraction of sp³-hybridized carbons (Fsp3) is 0.562. The van der Waals surface area contributed by atoms with E-state index < -0.39 is 0 Å². The summed E-state index contributed by atoms with van der Waals surface area (Å²) in [6.07, 6.45) is 2.12. The molecule has 126 valence electrons. The fourth-order valence-corrected chi connectivity index (χ4v) is 2.47. The molecule has 1 N–H and O–H groups in total. The van der Waals surface area contributed by atoms with Crippen molar-refractivity contribution in [2.45, 2.75) is 13.3 Å². The number of nitrogens with zero attached hydrogens (tertiary/aromatic N) is 4. The van der Waals surface area contributed by atoms with E-state index in [9.17, 15) is 4.79 Å². The average molecular weight is 319 g/mol. The van der Waals surface area contributed by atoms with E-state index in [2.05, 4.69) is 29.8 Å². The normalized spacial score (nSPS) is 15.5. The van der Waals surface area contributed by atoms with Crippen molar-refractivity contribution in [3.05, 3.63) is 24.4 Å². The van der Waals surface area contributed by atoms with Gasteiger partial charge in [0.2, 0.25) is 0 Å². The van der Waals surface area contributed by atoms with Gasteiger partial charge in [0.05, 0.1) is 20.1 Å². The average Bonchev–Trinajstić information content (AvgIpc) is 2.61. The lowest BCUT2D eigenvalue weighted by Crippen LogP contribution is -2.52. The van der Waals surface area contributed by atoms with Gasteiger partial charge in [-0.2, -0.15) is 0 Å². The second kappa shape index (κ2) is 8.97. The summed E-state index contributed by atoms with van der Waals surface area (Å²) in [5, 5.41) is 3.29. The molecule has 1 aromatic heterocycles. The third-order valence-corrected chi connectivity index (χ3v) is 3.69. The predicted molar refractivity (Wildman–Crippen MR) is 90.6 cm³/mol. The van der Waals surface area contributed by atoms with Crippen LogP contribution in [0.3, 0.4) is 0 Å². The first-order valence-corrected chi connectivity index (χ1v) is 8.00. The molecule has 1 aliphatic rings. The summed E-state index contributed by atoms with van der Waals surface area (Å²) in [4.78, 5) is 24.6.